The summed E-state index contributed by atoms with van der Waals surface area (Å²) in [4.78, 5) is 31.8. The normalized spacial score (nSPS) is 17.8. The summed E-state index contributed by atoms with van der Waals surface area (Å²) < 4.78 is 40.6. The lowest BCUT2D eigenvalue weighted by atomic mass is 10.1. The lowest BCUT2D eigenvalue weighted by Gasteiger charge is -2.25. The smallest absolute Gasteiger partial charge is 0.414 e. The molecule has 38 heavy (non-hydrogen) atoms. The molecule has 0 radical (unpaired) electrons. The second kappa shape index (κ2) is 12.6. The van der Waals surface area contributed by atoms with Crippen molar-refractivity contribution in [1.82, 2.24) is 15.4 Å². The molecule has 0 unspecified atom stereocenters. The van der Waals surface area contributed by atoms with Crippen molar-refractivity contribution in [2.24, 2.45) is 0 Å². The van der Waals surface area contributed by atoms with Crippen molar-refractivity contribution in [3.8, 4) is 0 Å². The van der Waals surface area contributed by atoms with Gasteiger partial charge in [-0.2, -0.15) is 0 Å². The second-order valence-electron chi connectivity index (χ2n) is 8.92. The summed E-state index contributed by atoms with van der Waals surface area (Å²) in [5.41, 5.74) is 3.79. The zero-order chi connectivity index (χ0) is 27.2. The van der Waals surface area contributed by atoms with E-state index < -0.39 is 23.8 Å². The van der Waals surface area contributed by atoms with Crippen LogP contribution >= 0.6 is 23.8 Å². The Bertz CT molecular complexity index is 1170. The van der Waals surface area contributed by atoms with Gasteiger partial charge in [0.15, 0.2) is 16.7 Å². The molecule has 1 aromatic carbocycles. The molecule has 1 N–H and O–H groups in total. The van der Waals surface area contributed by atoms with Gasteiger partial charge in [0, 0.05) is 50.8 Å². The van der Waals surface area contributed by atoms with Crippen molar-refractivity contribution in [3.63, 3.8) is 0 Å². The van der Waals surface area contributed by atoms with Crippen LogP contribution in [0.1, 0.15) is 24.8 Å². The number of aryl methyl sites for hydroxylation is 1. The Hall–Kier alpha value is -3.09. The molecule has 13 heteroatoms. The molecule has 204 valence electrons. The van der Waals surface area contributed by atoms with E-state index in [9.17, 15) is 9.59 Å². The van der Waals surface area contributed by atoms with E-state index in [1.54, 1.807) is 17.2 Å². The zero-order valence-corrected chi connectivity index (χ0v) is 22.4. The Labute approximate surface area is 229 Å². The van der Waals surface area contributed by atoms with Gasteiger partial charge in [0.25, 0.3) is 0 Å². The molecular weight excluding hydrogens is 540 g/mol. The second-order valence-corrected chi connectivity index (χ2v) is 9.76. The molecule has 2 aliphatic heterocycles. The number of halogens is 3. The first-order valence-electron chi connectivity index (χ1n) is 12.2. The lowest BCUT2D eigenvalue weighted by molar-refractivity contribution is -0.133. The highest BCUT2D eigenvalue weighted by Crippen LogP contribution is 2.32. The third-order valence-electron chi connectivity index (χ3n) is 6.40. The zero-order valence-electron chi connectivity index (χ0n) is 20.8. The number of amides is 2. The fraction of sp³-hybridized carbons (Fsp3) is 0.440. The van der Waals surface area contributed by atoms with Crippen molar-refractivity contribution in [3.05, 3.63) is 52.8 Å². The maximum absolute atomic E-state index is 15.2. The molecule has 0 spiro atoms. The van der Waals surface area contributed by atoms with Crippen LogP contribution in [-0.4, -0.2) is 73.0 Å². The number of anilines is 2. The third kappa shape index (κ3) is 6.86. The van der Waals surface area contributed by atoms with Gasteiger partial charge in [0.1, 0.15) is 16.9 Å². The molecule has 9 nitrogen and oxygen atoms in total. The predicted octanol–water partition coefficient (Wildman–Crippen LogP) is 3.88. The lowest BCUT2D eigenvalue weighted by Crippen LogP contribution is -2.43. The molecule has 0 saturated carbocycles. The molecule has 4 rings (SSSR count). The minimum absolute atomic E-state index is 0.0759. The van der Waals surface area contributed by atoms with Crippen LogP contribution in [0, 0.1) is 11.6 Å². The fourth-order valence-corrected chi connectivity index (χ4v) is 4.61. The number of thiocarbonyl (C=S) groups is 1. The van der Waals surface area contributed by atoms with Crippen LogP contribution in [0.4, 0.5) is 25.0 Å². The molecule has 0 aliphatic carbocycles. The van der Waals surface area contributed by atoms with Gasteiger partial charge in [-0.25, -0.2) is 24.0 Å². The van der Waals surface area contributed by atoms with E-state index in [0.717, 1.165) is 17.7 Å². The number of nitrogens with zero attached hydrogens (tertiary/aromatic N) is 4. The van der Waals surface area contributed by atoms with Crippen LogP contribution in [-0.2, 0) is 20.7 Å². The summed E-state index contributed by atoms with van der Waals surface area (Å²) in [6, 6.07) is 5.74. The van der Waals surface area contributed by atoms with Crippen molar-refractivity contribution < 1.29 is 27.8 Å². The van der Waals surface area contributed by atoms with Crippen LogP contribution in [0.3, 0.4) is 0 Å². The standard InChI is InChI=1S/C25H28ClF2N5O4S/c1-36-23(38)7-4-18-15-32(25(35)37-18)17-12-19(27)24(20(28)13-17)31-9-8-30-33(11-10-31)22(34)6-3-16-2-5-21(26)29-14-16/h2,5,12-14,18,30H,3-4,6-11,15H2,1H3/t18-/m0/s1. The molecule has 1 aromatic heterocycles. The van der Waals surface area contributed by atoms with E-state index in [1.807, 2.05) is 6.07 Å². The van der Waals surface area contributed by atoms with Crippen LogP contribution in [0.5, 0.6) is 0 Å². The Morgan fingerprint density at radius 3 is 2.68 bits per heavy atom. The van der Waals surface area contributed by atoms with E-state index in [4.69, 9.17) is 33.3 Å². The number of ether oxygens (including phenoxy) is 2. The van der Waals surface area contributed by atoms with Gasteiger partial charge in [-0.05, 0) is 36.7 Å². The Balaban J connectivity index is 1.36. The number of methoxy groups -OCH3 is 1. The van der Waals surface area contributed by atoms with Gasteiger partial charge in [0.2, 0.25) is 5.91 Å². The summed E-state index contributed by atoms with van der Waals surface area (Å²) in [5.74, 6) is -1.73. The summed E-state index contributed by atoms with van der Waals surface area (Å²) in [6.07, 6.45) is 2.11. The number of rotatable bonds is 8. The minimum atomic E-state index is -0.799. The minimum Gasteiger partial charge on any atom is -0.490 e. The van der Waals surface area contributed by atoms with Crippen LogP contribution in [0.15, 0.2) is 30.5 Å². The molecule has 2 amide bonds. The van der Waals surface area contributed by atoms with Crippen molar-refractivity contribution >= 4 is 52.2 Å². The Kier molecular flexibility index (Phi) is 9.29. The monoisotopic (exact) mass is 567 g/mol. The number of aromatic nitrogens is 1. The number of hydrazine groups is 1. The number of hydrogen-bond acceptors (Lipinski definition) is 8. The van der Waals surface area contributed by atoms with E-state index in [0.29, 0.717) is 36.0 Å². The molecule has 3 heterocycles. The Morgan fingerprint density at radius 1 is 1.24 bits per heavy atom. The topological polar surface area (TPSA) is 87.2 Å². The summed E-state index contributed by atoms with van der Waals surface area (Å²) in [6.45, 7) is 1.22. The largest absolute Gasteiger partial charge is 0.490 e. The van der Waals surface area contributed by atoms with E-state index >= 15 is 8.78 Å². The van der Waals surface area contributed by atoms with Crippen molar-refractivity contribution in [2.75, 3.05) is 49.6 Å². The van der Waals surface area contributed by atoms with Gasteiger partial charge >= 0.3 is 6.09 Å². The predicted molar refractivity (Wildman–Crippen MR) is 142 cm³/mol. The Morgan fingerprint density at radius 2 is 2.00 bits per heavy atom. The molecule has 1 atom stereocenters. The maximum Gasteiger partial charge on any atom is 0.414 e. The number of benzene rings is 1. The number of carbonyl (C=O) groups excluding carboxylic acids is 2. The SMILES string of the molecule is COC(=S)CC[C@H]1CN(c2cc(F)c(N3CCNN(C(=O)CCc4ccc(Cl)nc4)CC3)c(F)c2)C(=O)O1. The highest BCUT2D eigenvalue weighted by atomic mass is 35.5. The number of pyridine rings is 1. The first-order valence-corrected chi connectivity index (χ1v) is 13.0. The van der Waals surface area contributed by atoms with Crippen LogP contribution in [0.2, 0.25) is 5.15 Å². The van der Waals surface area contributed by atoms with Gasteiger partial charge in [-0.3, -0.25) is 14.7 Å². The van der Waals surface area contributed by atoms with E-state index in [-0.39, 0.29) is 49.9 Å². The number of nitrogens with one attached hydrogen (secondary N) is 1. The highest BCUT2D eigenvalue weighted by molar-refractivity contribution is 7.80. The molecule has 2 fully saturated rings. The maximum atomic E-state index is 15.2. The average molecular weight is 568 g/mol. The molecule has 2 aromatic rings. The van der Waals surface area contributed by atoms with E-state index in [1.165, 1.54) is 17.0 Å². The fourth-order valence-electron chi connectivity index (χ4n) is 4.38. The summed E-state index contributed by atoms with van der Waals surface area (Å²) >= 11 is 10.8. The summed E-state index contributed by atoms with van der Waals surface area (Å²) in [7, 11) is 1.47. The van der Waals surface area contributed by atoms with Crippen LogP contribution in [0.25, 0.3) is 0 Å². The van der Waals surface area contributed by atoms with Crippen molar-refractivity contribution in [2.45, 2.75) is 31.8 Å². The molecular formula is C25H28ClF2N5O4S. The summed E-state index contributed by atoms with van der Waals surface area (Å²) in [5, 5.41) is 2.25. The third-order valence-corrected chi connectivity index (χ3v) is 6.99. The molecule has 0 bridgehead atoms. The van der Waals surface area contributed by atoms with Gasteiger partial charge in [-0.1, -0.05) is 17.7 Å². The van der Waals surface area contributed by atoms with Gasteiger partial charge < -0.3 is 14.4 Å². The molecule has 2 aliphatic rings. The number of hydrogen-bond donors (Lipinski definition) is 1. The molecule has 2 saturated heterocycles. The number of cyclic esters (lactones) is 1. The van der Waals surface area contributed by atoms with Gasteiger partial charge in [-0.15, -0.1) is 0 Å². The number of carbonyl (C=O) groups is 2. The first-order chi connectivity index (χ1) is 18.2. The quantitative estimate of drug-likeness (QED) is 0.380. The average Bonchev–Trinajstić information content (AvgIpc) is 3.10. The van der Waals surface area contributed by atoms with E-state index in [2.05, 4.69) is 10.4 Å². The highest BCUT2D eigenvalue weighted by Gasteiger charge is 2.34. The van der Waals surface area contributed by atoms with Crippen LogP contribution < -0.4 is 15.2 Å². The van der Waals surface area contributed by atoms with Gasteiger partial charge in [0.05, 0.1) is 25.9 Å². The van der Waals surface area contributed by atoms with Crippen molar-refractivity contribution in [1.29, 1.82) is 0 Å². The first kappa shape index (κ1) is 27.9.